The van der Waals surface area contributed by atoms with E-state index in [0.29, 0.717) is 5.82 Å². The molecular formula is C16H18N4O3. The summed E-state index contributed by atoms with van der Waals surface area (Å²) in [7, 11) is 0. The summed E-state index contributed by atoms with van der Waals surface area (Å²) in [4.78, 5) is 19.2. The van der Waals surface area contributed by atoms with Crippen molar-refractivity contribution in [3.63, 3.8) is 0 Å². The first-order valence-electron chi connectivity index (χ1n) is 7.48. The van der Waals surface area contributed by atoms with Crippen molar-refractivity contribution in [2.24, 2.45) is 0 Å². The number of carboxylic acid groups (broad SMARTS) is 1. The lowest BCUT2D eigenvalue weighted by Gasteiger charge is -2.12. The van der Waals surface area contributed by atoms with Crippen molar-refractivity contribution in [1.82, 2.24) is 9.97 Å². The third-order valence-electron chi connectivity index (χ3n) is 3.61. The summed E-state index contributed by atoms with van der Waals surface area (Å²) in [6.45, 7) is 1.55. The van der Waals surface area contributed by atoms with E-state index >= 15 is 0 Å². The topological polar surface area (TPSA) is 96.4 Å². The molecule has 1 saturated heterocycles. The molecule has 1 aliphatic rings. The molecule has 7 heteroatoms. The predicted molar refractivity (Wildman–Crippen MR) is 86.2 cm³/mol. The number of hydrogen-bond acceptors (Lipinski definition) is 6. The van der Waals surface area contributed by atoms with Crippen LogP contribution in [0, 0.1) is 0 Å². The zero-order valence-corrected chi connectivity index (χ0v) is 12.5. The summed E-state index contributed by atoms with van der Waals surface area (Å²) < 4.78 is 5.56. The van der Waals surface area contributed by atoms with Crippen LogP contribution in [0.15, 0.2) is 36.7 Å². The molecule has 0 radical (unpaired) electrons. The van der Waals surface area contributed by atoms with Crippen molar-refractivity contribution >= 4 is 23.3 Å². The van der Waals surface area contributed by atoms with Crippen molar-refractivity contribution in [3.8, 4) is 0 Å². The van der Waals surface area contributed by atoms with E-state index in [1.807, 2.05) is 0 Å². The maximum Gasteiger partial charge on any atom is 0.335 e. The second-order valence-corrected chi connectivity index (χ2v) is 5.31. The molecule has 0 saturated carbocycles. The van der Waals surface area contributed by atoms with Crippen LogP contribution in [0.1, 0.15) is 23.2 Å². The van der Waals surface area contributed by atoms with Crippen LogP contribution in [0.4, 0.5) is 17.3 Å². The van der Waals surface area contributed by atoms with Gasteiger partial charge in [-0.05, 0) is 37.1 Å². The Labute approximate surface area is 133 Å². The molecule has 23 heavy (non-hydrogen) atoms. The van der Waals surface area contributed by atoms with Crippen LogP contribution in [0.5, 0.6) is 0 Å². The lowest BCUT2D eigenvalue weighted by molar-refractivity contribution is 0.0697. The molecule has 0 amide bonds. The monoisotopic (exact) mass is 314 g/mol. The molecule has 1 atom stereocenters. The maximum atomic E-state index is 10.8. The zero-order chi connectivity index (χ0) is 16.1. The van der Waals surface area contributed by atoms with Crippen LogP contribution in [-0.2, 0) is 4.74 Å². The van der Waals surface area contributed by atoms with E-state index < -0.39 is 5.97 Å². The third-order valence-corrected chi connectivity index (χ3v) is 3.61. The van der Waals surface area contributed by atoms with Crippen molar-refractivity contribution in [2.45, 2.75) is 18.9 Å². The fraction of sp³-hybridized carbons (Fsp3) is 0.312. The molecule has 3 N–H and O–H groups in total. The standard InChI is InChI=1S/C16H18N4O3/c21-16(22)11-3-5-12(6-4-11)20-15-8-14(18-10-19-15)17-9-13-2-1-7-23-13/h3-6,8,10,13H,1-2,7,9H2,(H,21,22)(H2,17,18,19,20). The molecule has 1 unspecified atom stereocenters. The summed E-state index contributed by atoms with van der Waals surface area (Å²) in [5, 5.41) is 15.3. The second kappa shape index (κ2) is 7.06. The SMILES string of the molecule is O=C(O)c1ccc(Nc2cc(NCC3CCCO3)ncn2)cc1. The van der Waals surface area contributed by atoms with Gasteiger partial charge in [0.2, 0.25) is 0 Å². The second-order valence-electron chi connectivity index (χ2n) is 5.31. The number of nitrogens with zero attached hydrogens (tertiary/aromatic N) is 2. The third kappa shape index (κ3) is 4.17. The van der Waals surface area contributed by atoms with Crippen molar-refractivity contribution < 1.29 is 14.6 Å². The molecule has 3 rings (SSSR count). The molecule has 1 aromatic carbocycles. The Bertz CT molecular complexity index is 669. The molecule has 2 heterocycles. The maximum absolute atomic E-state index is 10.8. The van der Waals surface area contributed by atoms with E-state index in [4.69, 9.17) is 9.84 Å². The van der Waals surface area contributed by atoms with E-state index in [0.717, 1.165) is 37.5 Å². The van der Waals surface area contributed by atoms with Crippen LogP contribution < -0.4 is 10.6 Å². The average molecular weight is 314 g/mol. The van der Waals surface area contributed by atoms with Gasteiger partial charge in [0.25, 0.3) is 0 Å². The van der Waals surface area contributed by atoms with Gasteiger partial charge >= 0.3 is 5.97 Å². The summed E-state index contributed by atoms with van der Waals surface area (Å²) >= 11 is 0. The van der Waals surface area contributed by atoms with Crippen molar-refractivity contribution in [3.05, 3.63) is 42.2 Å². The molecule has 1 aliphatic heterocycles. The molecular weight excluding hydrogens is 296 g/mol. The quantitative estimate of drug-likeness (QED) is 0.753. The van der Waals surface area contributed by atoms with Gasteiger partial charge in [0.15, 0.2) is 0 Å². The summed E-state index contributed by atoms with van der Waals surface area (Å²) in [6.07, 6.45) is 3.89. The fourth-order valence-corrected chi connectivity index (χ4v) is 2.39. The number of nitrogens with one attached hydrogen (secondary N) is 2. The Kier molecular flexibility index (Phi) is 4.68. The number of hydrogen-bond donors (Lipinski definition) is 3. The molecule has 120 valence electrons. The largest absolute Gasteiger partial charge is 0.478 e. The van der Waals surface area contributed by atoms with Gasteiger partial charge in [0.1, 0.15) is 18.0 Å². The first-order valence-corrected chi connectivity index (χ1v) is 7.48. The van der Waals surface area contributed by atoms with Gasteiger partial charge in [-0.1, -0.05) is 0 Å². The minimum absolute atomic E-state index is 0.241. The highest BCUT2D eigenvalue weighted by Crippen LogP contribution is 2.18. The zero-order valence-electron chi connectivity index (χ0n) is 12.5. The van der Waals surface area contributed by atoms with Gasteiger partial charge in [-0.15, -0.1) is 0 Å². The van der Waals surface area contributed by atoms with Crippen LogP contribution in [0.2, 0.25) is 0 Å². The highest BCUT2D eigenvalue weighted by Gasteiger charge is 2.15. The highest BCUT2D eigenvalue weighted by atomic mass is 16.5. The van der Waals surface area contributed by atoms with Gasteiger partial charge in [0.05, 0.1) is 11.7 Å². The van der Waals surface area contributed by atoms with Gasteiger partial charge in [-0.25, -0.2) is 14.8 Å². The first kappa shape index (κ1) is 15.2. The van der Waals surface area contributed by atoms with Gasteiger partial charge in [-0.3, -0.25) is 0 Å². The van der Waals surface area contributed by atoms with E-state index in [2.05, 4.69) is 20.6 Å². The van der Waals surface area contributed by atoms with Gasteiger partial charge < -0.3 is 20.5 Å². The minimum atomic E-state index is -0.945. The number of anilines is 3. The molecule has 1 aromatic heterocycles. The Balaban J connectivity index is 1.61. The number of benzene rings is 1. The summed E-state index contributed by atoms with van der Waals surface area (Å²) in [5.74, 6) is 0.414. The van der Waals surface area contributed by atoms with Gasteiger partial charge in [0, 0.05) is 24.9 Å². The normalized spacial score (nSPS) is 17.0. The van der Waals surface area contributed by atoms with Crippen LogP contribution in [0.3, 0.4) is 0 Å². The molecule has 0 aliphatic carbocycles. The Morgan fingerprint density at radius 3 is 2.74 bits per heavy atom. The van der Waals surface area contributed by atoms with Crippen molar-refractivity contribution in [1.29, 1.82) is 0 Å². The Morgan fingerprint density at radius 1 is 1.26 bits per heavy atom. The Hall–Kier alpha value is -2.67. The molecule has 2 aromatic rings. The van der Waals surface area contributed by atoms with E-state index in [1.54, 1.807) is 30.3 Å². The Morgan fingerprint density at radius 2 is 2.04 bits per heavy atom. The van der Waals surface area contributed by atoms with Crippen LogP contribution >= 0.6 is 0 Å². The lowest BCUT2D eigenvalue weighted by atomic mass is 10.2. The first-order chi connectivity index (χ1) is 11.2. The summed E-state index contributed by atoms with van der Waals surface area (Å²) in [6, 6.07) is 8.29. The van der Waals surface area contributed by atoms with E-state index in [9.17, 15) is 4.79 Å². The van der Waals surface area contributed by atoms with Crippen LogP contribution in [0.25, 0.3) is 0 Å². The fourth-order valence-electron chi connectivity index (χ4n) is 2.39. The molecule has 0 bridgehead atoms. The van der Waals surface area contributed by atoms with Gasteiger partial charge in [-0.2, -0.15) is 0 Å². The number of ether oxygens (including phenoxy) is 1. The number of aromatic carboxylic acids is 1. The molecule has 1 fully saturated rings. The number of carboxylic acids is 1. The van der Waals surface area contributed by atoms with Crippen LogP contribution in [-0.4, -0.2) is 40.3 Å². The average Bonchev–Trinajstić information content (AvgIpc) is 3.07. The number of rotatable bonds is 6. The molecule has 0 spiro atoms. The predicted octanol–water partition coefficient (Wildman–Crippen LogP) is 2.51. The smallest absolute Gasteiger partial charge is 0.335 e. The number of aromatic nitrogens is 2. The lowest BCUT2D eigenvalue weighted by Crippen LogP contribution is -2.19. The molecule has 7 nitrogen and oxygen atoms in total. The highest BCUT2D eigenvalue weighted by molar-refractivity contribution is 5.88. The van der Waals surface area contributed by atoms with E-state index in [-0.39, 0.29) is 11.7 Å². The minimum Gasteiger partial charge on any atom is -0.478 e. The number of carbonyl (C=O) groups is 1. The van der Waals surface area contributed by atoms with E-state index in [1.165, 1.54) is 6.33 Å². The van der Waals surface area contributed by atoms with Crippen molar-refractivity contribution in [2.75, 3.05) is 23.8 Å². The summed E-state index contributed by atoms with van der Waals surface area (Å²) in [5.41, 5.74) is 1.01.